The number of hydrogen-bond donors (Lipinski definition) is 2. The molecule has 0 aliphatic carbocycles. The number of nitrogens with zero attached hydrogens (tertiary/aromatic N) is 1. The largest absolute Gasteiger partial charge is 0.389 e. The van der Waals surface area contributed by atoms with Gasteiger partial charge in [-0.2, -0.15) is 0 Å². The molecule has 3 nitrogen and oxygen atoms in total. The molecular weight excluding hydrogens is 319 g/mol. The van der Waals surface area contributed by atoms with Gasteiger partial charge in [0.15, 0.2) is 0 Å². The number of aliphatic hydroxyl groups excluding tert-OH is 1. The van der Waals surface area contributed by atoms with E-state index < -0.39 is 6.10 Å². The van der Waals surface area contributed by atoms with Gasteiger partial charge in [0.25, 0.3) is 0 Å². The molecule has 0 aliphatic rings. The van der Waals surface area contributed by atoms with Gasteiger partial charge >= 0.3 is 0 Å². The molecule has 3 aromatic carbocycles. The van der Waals surface area contributed by atoms with E-state index in [0.29, 0.717) is 13.1 Å². The summed E-state index contributed by atoms with van der Waals surface area (Å²) in [6.07, 6.45) is -0.533. The number of aryl methyl sites for hydroxylation is 1. The summed E-state index contributed by atoms with van der Waals surface area (Å²) in [5.41, 5.74) is 4.98. The summed E-state index contributed by atoms with van der Waals surface area (Å²) >= 11 is 0. The number of para-hydroxylation sites is 1. The average molecular weight is 342 g/mol. The van der Waals surface area contributed by atoms with Crippen LogP contribution < -0.4 is 15.7 Å². The lowest BCUT2D eigenvalue weighted by atomic mass is 9.96. The van der Waals surface area contributed by atoms with Gasteiger partial charge in [0.05, 0.1) is 12.6 Å². The fourth-order valence-corrected chi connectivity index (χ4v) is 2.81. The lowest BCUT2D eigenvalue weighted by Crippen LogP contribution is -2.33. The molecule has 1 unspecified atom stereocenters. The van der Waals surface area contributed by atoms with Crippen LogP contribution in [0.3, 0.4) is 0 Å². The molecule has 3 aromatic rings. The fraction of sp³-hybridized carbons (Fsp3) is 0.182. The Kier molecular flexibility index (Phi) is 5.98. The first-order chi connectivity index (χ1) is 12.6. The Morgan fingerprint density at radius 1 is 0.885 bits per heavy atom. The molecule has 0 aromatic heterocycles. The van der Waals surface area contributed by atoms with Crippen LogP contribution in [0, 0.1) is 6.92 Å². The zero-order valence-electron chi connectivity index (χ0n) is 15.0. The second-order valence-corrected chi connectivity index (χ2v) is 6.44. The van der Waals surface area contributed by atoms with Crippen LogP contribution in [0.4, 0.5) is 17.1 Å². The molecule has 4 heteroatoms. The number of nitrogens with one attached hydrogen (secondary N) is 1. The predicted molar refractivity (Wildman–Crippen MR) is 111 cm³/mol. The van der Waals surface area contributed by atoms with Crippen molar-refractivity contribution in [2.24, 2.45) is 0 Å². The smallest absolute Gasteiger partial charge is 0.113 e. The van der Waals surface area contributed by atoms with Gasteiger partial charge in [0.1, 0.15) is 7.85 Å². The Balaban J connectivity index is 1.74. The maximum Gasteiger partial charge on any atom is 0.113 e. The maximum absolute atomic E-state index is 10.6. The summed E-state index contributed by atoms with van der Waals surface area (Å²) in [5, 5.41) is 13.9. The van der Waals surface area contributed by atoms with E-state index in [1.807, 2.05) is 54.6 Å². The third-order valence-corrected chi connectivity index (χ3v) is 4.26. The Morgan fingerprint density at radius 3 is 2.08 bits per heavy atom. The molecule has 26 heavy (non-hydrogen) atoms. The van der Waals surface area contributed by atoms with E-state index in [-0.39, 0.29) is 0 Å². The van der Waals surface area contributed by atoms with Crippen LogP contribution in [-0.2, 0) is 0 Å². The lowest BCUT2D eigenvalue weighted by Gasteiger charge is -2.28. The molecule has 3 rings (SSSR count). The Bertz CT molecular complexity index is 758. The van der Waals surface area contributed by atoms with Crippen LogP contribution in [0.5, 0.6) is 0 Å². The molecule has 0 aliphatic heterocycles. The first-order valence-corrected chi connectivity index (χ1v) is 8.78. The van der Waals surface area contributed by atoms with Crippen LogP contribution in [-0.4, -0.2) is 32.1 Å². The standard InChI is InChI=1S/C22H23BN2O/c1-17-7-11-20(12-8-17)25(21-13-9-18(23)10-14-21)16-22(26)15-24-19-5-3-2-4-6-19/h2-14,22,24,26H,15-16H2,1H3. The van der Waals surface area contributed by atoms with Crippen LogP contribution in [0.15, 0.2) is 78.9 Å². The van der Waals surface area contributed by atoms with E-state index in [9.17, 15) is 5.11 Å². The monoisotopic (exact) mass is 342 g/mol. The van der Waals surface area contributed by atoms with Crippen LogP contribution in [0.25, 0.3) is 0 Å². The lowest BCUT2D eigenvalue weighted by molar-refractivity contribution is 0.195. The molecule has 0 bridgehead atoms. The second kappa shape index (κ2) is 8.59. The highest BCUT2D eigenvalue weighted by Gasteiger charge is 2.14. The van der Waals surface area contributed by atoms with Crippen molar-refractivity contribution in [2.45, 2.75) is 13.0 Å². The van der Waals surface area contributed by atoms with Crippen molar-refractivity contribution in [3.63, 3.8) is 0 Å². The minimum absolute atomic E-state index is 0.474. The summed E-state index contributed by atoms with van der Waals surface area (Å²) in [6, 6.07) is 25.9. The summed E-state index contributed by atoms with van der Waals surface area (Å²) in [6.45, 7) is 3.02. The van der Waals surface area contributed by atoms with Crippen molar-refractivity contribution >= 4 is 30.4 Å². The van der Waals surface area contributed by atoms with Gasteiger partial charge in [-0.3, -0.25) is 0 Å². The van der Waals surface area contributed by atoms with Gasteiger partial charge in [0, 0.05) is 23.6 Å². The van der Waals surface area contributed by atoms with E-state index in [2.05, 4.69) is 41.4 Å². The van der Waals surface area contributed by atoms with Crippen molar-refractivity contribution in [2.75, 3.05) is 23.3 Å². The van der Waals surface area contributed by atoms with Gasteiger partial charge in [-0.15, -0.1) is 0 Å². The summed E-state index contributed by atoms with van der Waals surface area (Å²) < 4.78 is 0. The molecule has 2 N–H and O–H groups in total. The highest BCUT2D eigenvalue weighted by molar-refractivity contribution is 6.32. The van der Waals surface area contributed by atoms with Crippen molar-refractivity contribution in [1.29, 1.82) is 0 Å². The van der Waals surface area contributed by atoms with Crippen LogP contribution in [0.2, 0.25) is 0 Å². The van der Waals surface area contributed by atoms with E-state index in [0.717, 1.165) is 22.5 Å². The zero-order valence-corrected chi connectivity index (χ0v) is 15.0. The first-order valence-electron chi connectivity index (χ1n) is 8.78. The highest BCUT2D eigenvalue weighted by atomic mass is 16.3. The second-order valence-electron chi connectivity index (χ2n) is 6.44. The third-order valence-electron chi connectivity index (χ3n) is 4.26. The summed E-state index contributed by atoms with van der Waals surface area (Å²) in [4.78, 5) is 2.11. The van der Waals surface area contributed by atoms with Gasteiger partial charge in [-0.1, -0.05) is 53.5 Å². The van der Waals surface area contributed by atoms with Crippen LogP contribution in [0.1, 0.15) is 5.56 Å². The zero-order chi connectivity index (χ0) is 18.4. The van der Waals surface area contributed by atoms with E-state index in [4.69, 9.17) is 7.85 Å². The summed E-state index contributed by atoms with van der Waals surface area (Å²) in [5.74, 6) is 0. The summed E-state index contributed by atoms with van der Waals surface area (Å²) in [7, 11) is 5.82. The third kappa shape index (κ3) is 4.90. The van der Waals surface area contributed by atoms with Crippen LogP contribution >= 0.6 is 0 Å². The maximum atomic E-state index is 10.6. The predicted octanol–water partition coefficient (Wildman–Crippen LogP) is 3.40. The van der Waals surface area contributed by atoms with Crippen molar-refractivity contribution in [3.05, 3.63) is 84.4 Å². The topological polar surface area (TPSA) is 35.5 Å². The van der Waals surface area contributed by atoms with E-state index in [1.165, 1.54) is 5.56 Å². The van der Waals surface area contributed by atoms with E-state index in [1.54, 1.807) is 0 Å². The van der Waals surface area contributed by atoms with Crippen molar-refractivity contribution in [3.8, 4) is 0 Å². The van der Waals surface area contributed by atoms with Gasteiger partial charge in [-0.05, 0) is 43.3 Å². The normalized spacial score (nSPS) is 11.8. The molecule has 1 atom stereocenters. The molecule has 0 fully saturated rings. The Morgan fingerprint density at radius 2 is 1.46 bits per heavy atom. The van der Waals surface area contributed by atoms with E-state index >= 15 is 0 Å². The molecule has 0 spiro atoms. The molecule has 2 radical (unpaired) electrons. The molecule has 130 valence electrons. The Labute approximate surface area is 156 Å². The average Bonchev–Trinajstić information content (AvgIpc) is 2.67. The molecular formula is C22H23BN2O. The molecule has 0 saturated carbocycles. The van der Waals surface area contributed by atoms with Gasteiger partial charge in [0.2, 0.25) is 0 Å². The molecule has 0 amide bonds. The minimum atomic E-state index is -0.533. The number of aliphatic hydroxyl groups is 1. The molecule has 0 heterocycles. The van der Waals surface area contributed by atoms with Gasteiger partial charge in [-0.25, -0.2) is 0 Å². The highest BCUT2D eigenvalue weighted by Crippen LogP contribution is 2.25. The number of hydrogen-bond acceptors (Lipinski definition) is 3. The minimum Gasteiger partial charge on any atom is -0.389 e. The SMILES string of the molecule is [B]c1ccc(N(CC(O)CNc2ccccc2)c2ccc(C)cc2)cc1. The fourth-order valence-electron chi connectivity index (χ4n) is 2.81. The number of rotatable bonds is 7. The Hall–Kier alpha value is -2.72. The number of benzene rings is 3. The first kappa shape index (κ1) is 18.1. The molecule has 0 saturated heterocycles. The quantitative estimate of drug-likeness (QED) is 0.646. The number of anilines is 3. The van der Waals surface area contributed by atoms with Crippen molar-refractivity contribution < 1.29 is 5.11 Å². The van der Waals surface area contributed by atoms with Gasteiger partial charge < -0.3 is 15.3 Å². The van der Waals surface area contributed by atoms with Crippen molar-refractivity contribution in [1.82, 2.24) is 0 Å².